The monoisotopic (exact) mass is 706 g/mol. The van der Waals surface area contributed by atoms with Crippen molar-refractivity contribution in [1.82, 2.24) is 20.1 Å². The first-order valence-corrected chi connectivity index (χ1v) is 18.4. The molecule has 0 saturated carbocycles. The lowest BCUT2D eigenvalue weighted by molar-refractivity contribution is -0.158. The second-order valence-corrected chi connectivity index (χ2v) is 15.1. The Hall–Kier alpha value is -3.66. The summed E-state index contributed by atoms with van der Waals surface area (Å²) in [5.41, 5.74) is 0.370. The number of allylic oxidation sites excluding steroid dienone is 2. The van der Waals surface area contributed by atoms with Crippen molar-refractivity contribution < 1.29 is 47.0 Å². The molecule has 14 nitrogen and oxygen atoms in total. The minimum atomic E-state index is -4.17. The van der Waals surface area contributed by atoms with Crippen LogP contribution in [0.15, 0.2) is 46.6 Å². The van der Waals surface area contributed by atoms with E-state index in [0.29, 0.717) is 18.7 Å². The summed E-state index contributed by atoms with van der Waals surface area (Å²) in [6.45, 7) is 11.9. The van der Waals surface area contributed by atoms with Crippen LogP contribution in [0.1, 0.15) is 64.3 Å². The predicted octanol–water partition coefficient (Wildman–Crippen LogP) is 1.24. The molecule has 0 spiro atoms. The molecule has 3 N–H and O–H groups in total. The summed E-state index contributed by atoms with van der Waals surface area (Å²) in [4.78, 5) is 60.0. The zero-order chi connectivity index (χ0) is 36.5. The van der Waals surface area contributed by atoms with Gasteiger partial charge in [-0.05, 0) is 32.0 Å². The number of ketones is 1. The summed E-state index contributed by atoms with van der Waals surface area (Å²) >= 11 is 0. The maximum atomic E-state index is 14.0. The second kappa shape index (κ2) is 17.8. The number of hydrogen-bond acceptors (Lipinski definition) is 12. The highest BCUT2D eigenvalue weighted by molar-refractivity contribution is 7.92. The molecule has 6 atom stereocenters. The molecule has 1 fully saturated rings. The number of cyclic esters (lactones) is 1. The van der Waals surface area contributed by atoms with Crippen molar-refractivity contribution in [3.8, 4) is 0 Å². The van der Waals surface area contributed by atoms with Crippen LogP contribution in [0.2, 0.25) is 0 Å². The zero-order valence-electron chi connectivity index (χ0n) is 29.1. The average molecular weight is 707 g/mol. The molecule has 15 heteroatoms. The molecule has 272 valence electrons. The molecule has 1 aromatic heterocycles. The number of aliphatic hydroxyl groups excluding tert-OH is 2. The minimum absolute atomic E-state index is 0.113. The van der Waals surface area contributed by atoms with Crippen molar-refractivity contribution >= 4 is 33.4 Å². The number of nitrogens with one attached hydrogen (secondary N) is 1. The van der Waals surface area contributed by atoms with Gasteiger partial charge in [0.25, 0.3) is 5.91 Å². The number of fused-ring (bicyclic) bond motifs is 3. The summed E-state index contributed by atoms with van der Waals surface area (Å²) in [5, 5.41) is 22.6. The Bertz CT molecular complexity index is 1530. The molecule has 2 aliphatic heterocycles. The largest absolute Gasteiger partial charge is 0.460 e. The third-order valence-electron chi connectivity index (χ3n) is 8.68. The Labute approximate surface area is 288 Å². The van der Waals surface area contributed by atoms with Crippen LogP contribution in [0.25, 0.3) is 0 Å². The van der Waals surface area contributed by atoms with Crippen molar-refractivity contribution in [2.75, 3.05) is 38.5 Å². The number of aliphatic hydroxyl groups is 2. The van der Waals surface area contributed by atoms with Gasteiger partial charge in [0.2, 0.25) is 11.8 Å². The number of aromatic nitrogens is 1. The van der Waals surface area contributed by atoms with Crippen molar-refractivity contribution in [1.29, 1.82) is 0 Å². The van der Waals surface area contributed by atoms with Gasteiger partial charge in [-0.2, -0.15) is 0 Å². The van der Waals surface area contributed by atoms with Crippen molar-refractivity contribution in [2.24, 2.45) is 11.8 Å². The number of ether oxygens (including phenoxy) is 1. The number of sulfone groups is 1. The predicted molar refractivity (Wildman–Crippen MR) is 181 cm³/mol. The fourth-order valence-corrected chi connectivity index (χ4v) is 8.04. The van der Waals surface area contributed by atoms with E-state index >= 15 is 0 Å². The van der Waals surface area contributed by atoms with E-state index < -0.39 is 75.5 Å². The van der Waals surface area contributed by atoms with Crippen LogP contribution in [-0.2, 0) is 35.4 Å². The topological polar surface area (TPSA) is 197 Å². The molecule has 0 aliphatic carbocycles. The Balaban J connectivity index is 2.04. The second-order valence-electron chi connectivity index (χ2n) is 12.9. The molecule has 3 rings (SSSR count). The first-order valence-electron chi connectivity index (χ1n) is 16.7. The van der Waals surface area contributed by atoms with Gasteiger partial charge in [0, 0.05) is 32.0 Å². The quantitative estimate of drug-likeness (QED) is 0.344. The highest BCUT2D eigenvalue weighted by Gasteiger charge is 2.55. The van der Waals surface area contributed by atoms with E-state index in [0.717, 1.165) is 11.2 Å². The van der Waals surface area contributed by atoms with E-state index in [1.165, 1.54) is 12.2 Å². The summed E-state index contributed by atoms with van der Waals surface area (Å²) < 4.78 is 38.9. The summed E-state index contributed by atoms with van der Waals surface area (Å²) in [7, 11) is -4.17. The van der Waals surface area contributed by atoms with Gasteiger partial charge in [-0.1, -0.05) is 64.5 Å². The molecule has 0 aromatic carbocycles. The van der Waals surface area contributed by atoms with Crippen LogP contribution in [-0.4, -0.2) is 125 Å². The van der Waals surface area contributed by atoms with Crippen molar-refractivity contribution in [2.45, 2.75) is 84.0 Å². The van der Waals surface area contributed by atoms with E-state index in [1.807, 2.05) is 18.7 Å². The number of esters is 1. The van der Waals surface area contributed by atoms with Crippen LogP contribution in [0, 0.1) is 11.8 Å². The first kappa shape index (κ1) is 39.8. The Morgan fingerprint density at radius 3 is 2.47 bits per heavy atom. The van der Waals surface area contributed by atoms with Gasteiger partial charge < -0.3 is 34.5 Å². The average Bonchev–Trinajstić information content (AvgIpc) is 3.64. The fraction of sp³-hybridized carbons (Fsp3) is 0.618. The van der Waals surface area contributed by atoms with Crippen LogP contribution >= 0.6 is 0 Å². The number of amides is 2. The van der Waals surface area contributed by atoms with Gasteiger partial charge >= 0.3 is 5.97 Å². The lowest BCUT2D eigenvalue weighted by atomic mass is 9.94. The Morgan fingerprint density at radius 2 is 1.82 bits per heavy atom. The molecular weight excluding hydrogens is 656 g/mol. The van der Waals surface area contributed by atoms with Gasteiger partial charge in [-0.3, -0.25) is 14.4 Å². The highest BCUT2D eigenvalue weighted by Crippen LogP contribution is 2.30. The molecule has 2 amide bonds. The minimum Gasteiger partial charge on any atom is -0.460 e. The smallest absolute Gasteiger partial charge is 0.330 e. The number of carbonyl (C=O) groups is 4. The number of oxazole rings is 1. The number of nitrogens with zero attached hydrogens (tertiary/aromatic N) is 3. The Kier molecular flexibility index (Phi) is 14.5. The van der Waals surface area contributed by atoms with Gasteiger partial charge in [0.05, 0.1) is 24.4 Å². The van der Waals surface area contributed by atoms with E-state index in [-0.39, 0.29) is 49.2 Å². The van der Waals surface area contributed by atoms with Crippen LogP contribution in [0.3, 0.4) is 0 Å². The molecule has 2 aliphatic rings. The molecule has 1 aromatic rings. The first-order chi connectivity index (χ1) is 23.1. The van der Waals surface area contributed by atoms with Crippen molar-refractivity contribution in [3.63, 3.8) is 0 Å². The lowest BCUT2D eigenvalue weighted by Crippen LogP contribution is -2.51. The summed E-state index contributed by atoms with van der Waals surface area (Å²) in [5.74, 6) is -4.00. The van der Waals surface area contributed by atoms with E-state index in [1.54, 1.807) is 45.9 Å². The lowest BCUT2D eigenvalue weighted by Gasteiger charge is -2.31. The van der Waals surface area contributed by atoms with Crippen LogP contribution < -0.4 is 5.32 Å². The van der Waals surface area contributed by atoms with Gasteiger partial charge in [0.1, 0.15) is 29.4 Å². The summed E-state index contributed by atoms with van der Waals surface area (Å²) in [6.07, 6.45) is 4.62. The normalized spacial score (nSPS) is 29.3. The maximum absolute atomic E-state index is 14.0. The SMILES string of the molecule is CCN(CC)CCS(=O)(=O)[C@@H]1C(O)CN2C(=O)c3coc(n3)CC(=O)C[C@H](O)/C=C(C)/C=C/CNC(=O)/C=C/[C@@H](C)[C@@H](C(C)C)OC(=O)[C@@H]12. The molecule has 0 radical (unpaired) electrons. The fourth-order valence-electron chi connectivity index (χ4n) is 6.04. The van der Waals surface area contributed by atoms with Crippen LogP contribution in [0.4, 0.5) is 0 Å². The van der Waals surface area contributed by atoms with E-state index in [2.05, 4.69) is 10.3 Å². The van der Waals surface area contributed by atoms with Crippen LogP contribution in [0.5, 0.6) is 0 Å². The number of carbonyl (C=O) groups excluding carboxylic acids is 4. The van der Waals surface area contributed by atoms with Gasteiger partial charge in [-0.25, -0.2) is 18.2 Å². The molecule has 1 unspecified atom stereocenters. The number of hydrogen-bond donors (Lipinski definition) is 3. The molecule has 3 heterocycles. The van der Waals surface area contributed by atoms with E-state index in [9.17, 15) is 37.8 Å². The highest BCUT2D eigenvalue weighted by atomic mass is 32.2. The third kappa shape index (κ3) is 10.9. The van der Waals surface area contributed by atoms with E-state index in [4.69, 9.17) is 9.15 Å². The number of Topliss-reactive ketones (excluding diaryl/α,β-unsaturated/α-hetero) is 1. The maximum Gasteiger partial charge on any atom is 0.330 e. The zero-order valence-corrected chi connectivity index (χ0v) is 29.9. The molecular formula is C34H50N4O10S. The Morgan fingerprint density at radius 1 is 1.12 bits per heavy atom. The molecule has 2 bridgehead atoms. The molecule has 49 heavy (non-hydrogen) atoms. The van der Waals surface area contributed by atoms with Gasteiger partial charge in [0.15, 0.2) is 15.5 Å². The van der Waals surface area contributed by atoms with Gasteiger partial charge in [-0.15, -0.1) is 0 Å². The third-order valence-corrected chi connectivity index (χ3v) is 10.8. The molecule has 1 saturated heterocycles. The summed E-state index contributed by atoms with van der Waals surface area (Å²) in [6, 6.07) is -1.72. The number of rotatable bonds is 7. The van der Waals surface area contributed by atoms with Crippen molar-refractivity contribution in [3.05, 3.63) is 53.8 Å². The standard InChI is InChI=1S/C34H50N4O10S/c1-7-37(8-2)14-15-49(45,46)32-27(41)19-38-30(32)34(44)48-31(21(3)4)23(6)11-12-28(42)35-13-9-10-22(5)16-24(39)17-25(40)18-29-36-26(20-47-29)33(38)43/h9-12,16,20-21,23-24,27,30-32,39,41H,7-8,13-15,17-19H2,1-6H3,(H,35,42)/b10-9+,12-11+,22-16+/t23-,24-,27?,30-,31-,32-/m1/s1.